The lowest BCUT2D eigenvalue weighted by atomic mass is 10.1. The van der Waals surface area contributed by atoms with Gasteiger partial charge in [0.15, 0.2) is 0 Å². The number of hydrogen-bond donors (Lipinski definition) is 2. The summed E-state index contributed by atoms with van der Waals surface area (Å²) < 4.78 is 29.7. The van der Waals surface area contributed by atoms with E-state index in [1.807, 2.05) is 6.07 Å². The van der Waals surface area contributed by atoms with Gasteiger partial charge in [-0.25, -0.2) is 13.6 Å². The molecule has 0 aliphatic heterocycles. The standard InChI is InChI=1S/C22H18ClN3O4S/c23-19-4-2-1-3-17(19)11-22(27)26-18-9-10-20(21(12-18)31(25,28)29)30-14-16-7-5-15(13-24)6-8-16/h1-10,12H,11,14H2,(H,26,27)(H2,25,28,29). The SMILES string of the molecule is N#Cc1ccc(COc2ccc(NC(=O)Cc3ccccc3Cl)cc2S(N)(=O)=O)cc1. The molecule has 0 bridgehead atoms. The molecular weight excluding hydrogens is 438 g/mol. The first kappa shape index (κ1) is 22.3. The van der Waals surface area contributed by atoms with Gasteiger partial charge in [-0.15, -0.1) is 0 Å². The molecule has 0 aromatic heterocycles. The fraction of sp³-hybridized carbons (Fsp3) is 0.0909. The maximum atomic E-state index is 12.3. The van der Waals surface area contributed by atoms with E-state index in [1.54, 1.807) is 48.5 Å². The highest BCUT2D eigenvalue weighted by atomic mass is 35.5. The minimum Gasteiger partial charge on any atom is -0.487 e. The maximum Gasteiger partial charge on any atom is 0.241 e. The summed E-state index contributed by atoms with van der Waals surface area (Å²) in [4.78, 5) is 12.1. The number of carbonyl (C=O) groups is 1. The Balaban J connectivity index is 1.75. The third kappa shape index (κ3) is 6.06. The molecule has 0 heterocycles. The molecule has 7 nitrogen and oxygen atoms in total. The van der Waals surface area contributed by atoms with E-state index in [4.69, 9.17) is 26.7 Å². The Bertz CT molecular complexity index is 1250. The maximum absolute atomic E-state index is 12.3. The molecule has 3 aromatic rings. The summed E-state index contributed by atoms with van der Waals surface area (Å²) in [7, 11) is -4.11. The summed E-state index contributed by atoms with van der Waals surface area (Å²) in [6.45, 7) is 0.0758. The van der Waals surface area contributed by atoms with Crippen molar-refractivity contribution in [1.29, 1.82) is 5.26 Å². The summed E-state index contributed by atoms with van der Waals surface area (Å²) in [6.07, 6.45) is 0.0291. The lowest BCUT2D eigenvalue weighted by Gasteiger charge is -2.13. The van der Waals surface area contributed by atoms with Gasteiger partial charge in [0.25, 0.3) is 0 Å². The van der Waals surface area contributed by atoms with E-state index >= 15 is 0 Å². The first-order valence-corrected chi connectivity index (χ1v) is 11.0. The van der Waals surface area contributed by atoms with E-state index in [-0.39, 0.29) is 35.3 Å². The number of nitrogens with two attached hydrogens (primary N) is 1. The topological polar surface area (TPSA) is 122 Å². The van der Waals surface area contributed by atoms with Gasteiger partial charge in [0, 0.05) is 10.7 Å². The molecule has 0 fully saturated rings. The fourth-order valence-corrected chi connectivity index (χ4v) is 3.69. The molecule has 3 N–H and O–H groups in total. The number of anilines is 1. The summed E-state index contributed by atoms with van der Waals surface area (Å²) in [6, 6.07) is 19.8. The number of primary sulfonamides is 1. The van der Waals surface area contributed by atoms with Crippen LogP contribution in [0.2, 0.25) is 5.02 Å². The van der Waals surface area contributed by atoms with Crippen molar-refractivity contribution in [1.82, 2.24) is 0 Å². The quantitative estimate of drug-likeness (QED) is 0.563. The van der Waals surface area contributed by atoms with Crippen molar-refractivity contribution in [3.63, 3.8) is 0 Å². The van der Waals surface area contributed by atoms with E-state index in [9.17, 15) is 13.2 Å². The molecule has 0 aliphatic rings. The van der Waals surface area contributed by atoms with Gasteiger partial charge in [0.05, 0.1) is 18.1 Å². The van der Waals surface area contributed by atoms with Crippen molar-refractivity contribution in [3.05, 3.63) is 88.4 Å². The Kier molecular flexibility index (Phi) is 6.92. The van der Waals surface area contributed by atoms with E-state index in [1.165, 1.54) is 18.2 Å². The normalized spacial score (nSPS) is 10.9. The number of nitriles is 1. The van der Waals surface area contributed by atoms with Crippen molar-refractivity contribution in [2.24, 2.45) is 5.14 Å². The molecule has 158 valence electrons. The Hall–Kier alpha value is -3.38. The highest BCUT2D eigenvalue weighted by Crippen LogP contribution is 2.27. The van der Waals surface area contributed by atoms with Crippen molar-refractivity contribution in [2.75, 3.05) is 5.32 Å². The summed E-state index contributed by atoms with van der Waals surface area (Å²) in [5.41, 5.74) is 2.16. The third-order valence-corrected chi connectivity index (χ3v) is 5.62. The zero-order valence-electron chi connectivity index (χ0n) is 16.2. The van der Waals surface area contributed by atoms with Crippen LogP contribution in [0.3, 0.4) is 0 Å². The molecule has 0 saturated carbocycles. The highest BCUT2D eigenvalue weighted by molar-refractivity contribution is 7.89. The Morgan fingerprint density at radius 3 is 2.45 bits per heavy atom. The smallest absolute Gasteiger partial charge is 0.241 e. The van der Waals surface area contributed by atoms with Gasteiger partial charge in [-0.2, -0.15) is 5.26 Å². The molecule has 0 unspecified atom stereocenters. The first-order chi connectivity index (χ1) is 14.8. The molecule has 0 saturated heterocycles. The zero-order chi connectivity index (χ0) is 22.4. The monoisotopic (exact) mass is 455 g/mol. The van der Waals surface area contributed by atoms with Gasteiger partial charge in [0.2, 0.25) is 15.9 Å². The molecule has 0 atom stereocenters. The third-order valence-electron chi connectivity index (χ3n) is 4.32. The van der Waals surface area contributed by atoms with Crippen LogP contribution in [0.4, 0.5) is 5.69 Å². The van der Waals surface area contributed by atoms with Gasteiger partial charge >= 0.3 is 0 Å². The predicted molar refractivity (Wildman–Crippen MR) is 117 cm³/mol. The molecular formula is C22H18ClN3O4S. The number of amides is 1. The van der Waals surface area contributed by atoms with Crippen molar-refractivity contribution in [3.8, 4) is 11.8 Å². The number of sulfonamides is 1. The molecule has 31 heavy (non-hydrogen) atoms. The van der Waals surface area contributed by atoms with Crippen molar-refractivity contribution >= 4 is 33.2 Å². The highest BCUT2D eigenvalue weighted by Gasteiger charge is 2.17. The summed E-state index contributed by atoms with van der Waals surface area (Å²) in [5.74, 6) is -0.310. The minimum atomic E-state index is -4.11. The van der Waals surface area contributed by atoms with E-state index in [0.717, 1.165) is 5.56 Å². The second-order valence-electron chi connectivity index (χ2n) is 6.62. The zero-order valence-corrected chi connectivity index (χ0v) is 17.8. The molecule has 9 heteroatoms. The molecule has 1 amide bonds. The van der Waals surface area contributed by atoms with Gasteiger partial charge in [-0.1, -0.05) is 41.9 Å². The minimum absolute atomic E-state index is 0.0291. The molecule has 0 radical (unpaired) electrons. The van der Waals surface area contributed by atoms with E-state index in [0.29, 0.717) is 16.1 Å². The second kappa shape index (κ2) is 9.62. The van der Waals surface area contributed by atoms with Crippen LogP contribution in [0.25, 0.3) is 0 Å². The Morgan fingerprint density at radius 1 is 1.10 bits per heavy atom. The summed E-state index contributed by atoms with van der Waals surface area (Å²) in [5, 5.41) is 17.3. The molecule has 3 aromatic carbocycles. The van der Waals surface area contributed by atoms with Crippen molar-refractivity contribution < 1.29 is 17.9 Å². The number of halogens is 1. The van der Waals surface area contributed by atoms with Crippen LogP contribution in [0.15, 0.2) is 71.6 Å². The predicted octanol–water partition coefficient (Wildman–Crippen LogP) is 3.62. The second-order valence-corrected chi connectivity index (χ2v) is 8.56. The lowest BCUT2D eigenvalue weighted by molar-refractivity contribution is -0.115. The van der Waals surface area contributed by atoms with Gasteiger partial charge < -0.3 is 10.1 Å². The van der Waals surface area contributed by atoms with Gasteiger partial charge in [0.1, 0.15) is 17.3 Å². The molecule has 0 aliphatic carbocycles. The largest absolute Gasteiger partial charge is 0.487 e. The van der Waals surface area contributed by atoms with Crippen molar-refractivity contribution in [2.45, 2.75) is 17.9 Å². The van der Waals surface area contributed by atoms with Crippen LogP contribution < -0.4 is 15.2 Å². The molecule has 0 spiro atoms. The number of nitrogens with zero attached hydrogens (tertiary/aromatic N) is 1. The van der Waals surface area contributed by atoms with E-state index < -0.39 is 10.0 Å². The van der Waals surface area contributed by atoms with Gasteiger partial charge in [-0.05, 0) is 47.5 Å². The molecule has 3 rings (SSSR count). The number of carbonyl (C=O) groups excluding carboxylic acids is 1. The number of ether oxygens (including phenoxy) is 1. The first-order valence-electron chi connectivity index (χ1n) is 9.08. The number of rotatable bonds is 7. The number of nitrogens with one attached hydrogen (secondary N) is 1. The fourth-order valence-electron chi connectivity index (χ4n) is 2.78. The Labute approximate surface area is 185 Å². The van der Waals surface area contributed by atoms with Crippen LogP contribution in [0.5, 0.6) is 5.75 Å². The van der Waals surface area contributed by atoms with Crippen LogP contribution in [-0.2, 0) is 27.8 Å². The average Bonchev–Trinajstić information content (AvgIpc) is 2.74. The van der Waals surface area contributed by atoms with Crippen LogP contribution in [-0.4, -0.2) is 14.3 Å². The van der Waals surface area contributed by atoms with E-state index in [2.05, 4.69) is 5.32 Å². The number of benzene rings is 3. The summed E-state index contributed by atoms with van der Waals surface area (Å²) >= 11 is 6.07. The van der Waals surface area contributed by atoms with Crippen LogP contribution in [0, 0.1) is 11.3 Å². The van der Waals surface area contributed by atoms with Gasteiger partial charge in [-0.3, -0.25) is 4.79 Å². The Morgan fingerprint density at radius 2 is 1.81 bits per heavy atom. The van der Waals surface area contributed by atoms with Crippen LogP contribution >= 0.6 is 11.6 Å². The lowest BCUT2D eigenvalue weighted by Crippen LogP contribution is -2.17. The number of hydrogen-bond acceptors (Lipinski definition) is 5. The average molecular weight is 456 g/mol. The van der Waals surface area contributed by atoms with Crippen LogP contribution in [0.1, 0.15) is 16.7 Å².